The number of rotatable bonds is 0. The number of ether oxygens (including phenoxy) is 1. The van der Waals surface area contributed by atoms with Crippen LogP contribution in [0.4, 0.5) is 17.6 Å². The van der Waals surface area contributed by atoms with E-state index in [0.29, 0.717) is 0 Å². The largest absolute Gasteiger partial charge is 0.459 e. The van der Waals surface area contributed by atoms with Crippen molar-refractivity contribution in [2.45, 2.75) is 0 Å². The first-order chi connectivity index (χ1) is 7.47. The Morgan fingerprint density at radius 1 is 1.19 bits per heavy atom. The summed E-state index contributed by atoms with van der Waals surface area (Å²) in [6.45, 7) is 0. The highest BCUT2D eigenvalue weighted by molar-refractivity contribution is 5.89. The summed E-state index contributed by atoms with van der Waals surface area (Å²) in [7, 11) is 0.996. The fraction of sp³-hybridized carbons (Fsp3) is 0.100. The number of hydrogen-bond acceptors (Lipinski definition) is 2. The second-order valence-corrected chi connectivity index (χ2v) is 2.58. The summed E-state index contributed by atoms with van der Waals surface area (Å²) >= 11 is 0. The Balaban J connectivity index is 3.31. The summed E-state index contributed by atoms with van der Waals surface area (Å²) in [6.07, 6.45) is 0. The van der Waals surface area contributed by atoms with Crippen molar-refractivity contribution in [3.63, 3.8) is 0 Å². The molecule has 0 amide bonds. The smallest absolute Gasteiger partial charge is 0.384 e. The number of benzene rings is 1. The summed E-state index contributed by atoms with van der Waals surface area (Å²) < 4.78 is 55.3. The normalized spacial score (nSPS) is 9.31. The van der Waals surface area contributed by atoms with Gasteiger partial charge in [-0.2, -0.15) is 0 Å². The molecule has 6 heteroatoms. The molecule has 0 bridgehead atoms. The van der Waals surface area contributed by atoms with E-state index in [-0.39, 0.29) is 6.07 Å². The first-order valence-corrected chi connectivity index (χ1v) is 3.90. The van der Waals surface area contributed by atoms with Crippen LogP contribution in [0.2, 0.25) is 0 Å². The molecule has 16 heavy (non-hydrogen) atoms. The maximum absolute atomic E-state index is 13.0. The standard InChI is InChI=1S/C10H4F4O2/c1-16-8(15)3-2-5-9(13)6(11)4-7(12)10(5)14/h4H,1H3. The van der Waals surface area contributed by atoms with Crippen LogP contribution in [0.3, 0.4) is 0 Å². The van der Waals surface area contributed by atoms with Gasteiger partial charge in [0.1, 0.15) is 5.56 Å². The van der Waals surface area contributed by atoms with Gasteiger partial charge in [0, 0.05) is 12.0 Å². The van der Waals surface area contributed by atoms with Gasteiger partial charge in [-0.25, -0.2) is 22.4 Å². The van der Waals surface area contributed by atoms with Gasteiger partial charge in [-0.3, -0.25) is 0 Å². The van der Waals surface area contributed by atoms with Crippen molar-refractivity contribution >= 4 is 5.97 Å². The fourth-order valence-electron chi connectivity index (χ4n) is 0.847. The molecule has 0 aliphatic heterocycles. The number of carbonyl (C=O) groups excluding carboxylic acids is 1. The van der Waals surface area contributed by atoms with E-state index < -0.39 is 34.8 Å². The molecule has 0 N–H and O–H groups in total. The van der Waals surface area contributed by atoms with E-state index in [9.17, 15) is 22.4 Å². The zero-order valence-electron chi connectivity index (χ0n) is 7.91. The molecule has 1 aromatic carbocycles. The molecule has 1 aromatic rings. The Bertz CT molecular complexity index is 474. The highest BCUT2D eigenvalue weighted by Gasteiger charge is 2.17. The van der Waals surface area contributed by atoms with Crippen LogP contribution in [0.1, 0.15) is 5.56 Å². The van der Waals surface area contributed by atoms with Crippen LogP contribution in [0.5, 0.6) is 0 Å². The predicted octanol–water partition coefficient (Wildman–Crippen LogP) is 1.77. The second-order valence-electron chi connectivity index (χ2n) is 2.58. The number of carbonyl (C=O) groups is 1. The van der Waals surface area contributed by atoms with Gasteiger partial charge in [0.25, 0.3) is 0 Å². The summed E-state index contributed by atoms with van der Waals surface area (Å²) in [4.78, 5) is 10.5. The van der Waals surface area contributed by atoms with Crippen LogP contribution in [-0.2, 0) is 9.53 Å². The molecule has 84 valence electrons. The lowest BCUT2D eigenvalue weighted by molar-refractivity contribution is -0.133. The van der Waals surface area contributed by atoms with Crippen LogP contribution < -0.4 is 0 Å². The number of methoxy groups -OCH3 is 1. The average molecular weight is 232 g/mol. The Morgan fingerprint density at radius 3 is 2.12 bits per heavy atom. The van der Waals surface area contributed by atoms with Crippen molar-refractivity contribution in [2.75, 3.05) is 7.11 Å². The molecular formula is C10H4F4O2. The van der Waals surface area contributed by atoms with Gasteiger partial charge >= 0.3 is 5.97 Å². The van der Waals surface area contributed by atoms with Gasteiger partial charge in [0.05, 0.1) is 7.11 Å². The third-order valence-electron chi connectivity index (χ3n) is 1.59. The second kappa shape index (κ2) is 4.66. The molecule has 0 saturated heterocycles. The fourth-order valence-corrected chi connectivity index (χ4v) is 0.847. The Kier molecular flexibility index (Phi) is 3.51. The minimum atomic E-state index is -1.66. The highest BCUT2D eigenvalue weighted by atomic mass is 19.2. The van der Waals surface area contributed by atoms with Crippen LogP contribution in [-0.4, -0.2) is 13.1 Å². The SMILES string of the molecule is COC(=O)C#Cc1c(F)c(F)cc(F)c1F. The Labute approximate surface area is 87.8 Å². The molecule has 0 fully saturated rings. The number of esters is 1. The molecule has 0 aliphatic rings. The van der Waals surface area contributed by atoms with Crippen molar-refractivity contribution in [3.8, 4) is 11.8 Å². The molecule has 2 nitrogen and oxygen atoms in total. The molecule has 0 atom stereocenters. The predicted molar refractivity (Wildman–Crippen MR) is 45.2 cm³/mol. The van der Waals surface area contributed by atoms with E-state index in [2.05, 4.69) is 4.74 Å². The summed E-state index contributed by atoms with van der Waals surface area (Å²) in [5.41, 5.74) is -1.15. The molecule has 0 saturated carbocycles. The van der Waals surface area contributed by atoms with Crippen LogP contribution >= 0.6 is 0 Å². The van der Waals surface area contributed by atoms with Crippen molar-refractivity contribution in [2.24, 2.45) is 0 Å². The molecule has 0 radical (unpaired) electrons. The Morgan fingerprint density at radius 2 is 1.69 bits per heavy atom. The van der Waals surface area contributed by atoms with E-state index in [4.69, 9.17) is 0 Å². The molecular weight excluding hydrogens is 228 g/mol. The molecule has 0 unspecified atom stereocenters. The van der Waals surface area contributed by atoms with E-state index >= 15 is 0 Å². The van der Waals surface area contributed by atoms with Gasteiger partial charge < -0.3 is 4.74 Å². The lowest BCUT2D eigenvalue weighted by Gasteiger charge is -1.99. The van der Waals surface area contributed by atoms with Gasteiger partial charge in [-0.1, -0.05) is 0 Å². The van der Waals surface area contributed by atoms with E-state index in [1.54, 1.807) is 11.8 Å². The third-order valence-corrected chi connectivity index (χ3v) is 1.59. The van der Waals surface area contributed by atoms with Crippen molar-refractivity contribution in [3.05, 3.63) is 34.9 Å². The Hall–Kier alpha value is -2.03. The van der Waals surface area contributed by atoms with Crippen LogP contribution in [0.25, 0.3) is 0 Å². The van der Waals surface area contributed by atoms with Crippen molar-refractivity contribution in [1.29, 1.82) is 0 Å². The summed E-state index contributed by atoms with van der Waals surface area (Å²) in [5.74, 6) is -4.25. The minimum absolute atomic E-state index is 0.0496. The maximum atomic E-state index is 13.0. The van der Waals surface area contributed by atoms with E-state index in [1.165, 1.54) is 0 Å². The van der Waals surface area contributed by atoms with Crippen molar-refractivity contribution < 1.29 is 27.1 Å². The molecule has 0 aromatic heterocycles. The molecule has 1 rings (SSSR count). The van der Waals surface area contributed by atoms with Gasteiger partial charge in [0.2, 0.25) is 0 Å². The quantitative estimate of drug-likeness (QED) is 0.295. The van der Waals surface area contributed by atoms with E-state index in [1.807, 2.05) is 0 Å². The first-order valence-electron chi connectivity index (χ1n) is 3.90. The van der Waals surface area contributed by atoms with Crippen molar-refractivity contribution in [1.82, 2.24) is 0 Å². The molecule has 0 aliphatic carbocycles. The van der Waals surface area contributed by atoms with Crippen LogP contribution in [0.15, 0.2) is 6.07 Å². The first kappa shape index (κ1) is 12.0. The average Bonchev–Trinajstić information content (AvgIpc) is 2.26. The minimum Gasteiger partial charge on any atom is -0.459 e. The number of hydrogen-bond donors (Lipinski definition) is 0. The zero-order valence-corrected chi connectivity index (χ0v) is 7.91. The van der Waals surface area contributed by atoms with Gasteiger partial charge in [-0.15, -0.1) is 0 Å². The molecule has 0 spiro atoms. The lowest BCUT2D eigenvalue weighted by atomic mass is 10.2. The van der Waals surface area contributed by atoms with Gasteiger partial charge in [-0.05, 0) is 5.92 Å². The van der Waals surface area contributed by atoms with Crippen LogP contribution in [0, 0.1) is 35.1 Å². The van der Waals surface area contributed by atoms with E-state index in [0.717, 1.165) is 7.11 Å². The maximum Gasteiger partial charge on any atom is 0.384 e. The van der Waals surface area contributed by atoms with Gasteiger partial charge in [0.15, 0.2) is 23.3 Å². The topological polar surface area (TPSA) is 26.3 Å². The number of halogens is 4. The third kappa shape index (κ3) is 2.31. The molecule has 0 heterocycles. The lowest BCUT2D eigenvalue weighted by Crippen LogP contribution is -2.00. The summed E-state index contributed by atoms with van der Waals surface area (Å²) in [6, 6.07) is 0.0496. The monoisotopic (exact) mass is 232 g/mol. The zero-order chi connectivity index (χ0) is 12.3. The summed E-state index contributed by atoms with van der Waals surface area (Å²) in [5, 5.41) is 0. The highest BCUT2D eigenvalue weighted by Crippen LogP contribution is 2.17.